The van der Waals surface area contributed by atoms with Gasteiger partial charge >= 0.3 is 0 Å². The third-order valence-corrected chi connectivity index (χ3v) is 8.87. The van der Waals surface area contributed by atoms with Crippen LogP contribution in [0, 0.1) is 34.5 Å². The molecule has 4 aliphatic carbocycles. The molecule has 0 unspecified atom stereocenters. The van der Waals surface area contributed by atoms with Gasteiger partial charge in [0.05, 0.1) is 0 Å². The summed E-state index contributed by atoms with van der Waals surface area (Å²) in [5, 5.41) is 0. The number of nitrogens with two attached hydrogens (primary N) is 2. The Kier molecular flexibility index (Phi) is 7.54. The predicted octanol–water partition coefficient (Wildman–Crippen LogP) is 5.16. The van der Waals surface area contributed by atoms with Gasteiger partial charge in [-0.15, -0.1) is 24.8 Å². The van der Waals surface area contributed by atoms with Crippen LogP contribution in [0.2, 0.25) is 0 Å². The van der Waals surface area contributed by atoms with Crippen LogP contribution in [0.15, 0.2) is 0 Å². The van der Waals surface area contributed by atoms with Crippen molar-refractivity contribution in [3.8, 4) is 0 Å². The van der Waals surface area contributed by atoms with Crippen molar-refractivity contribution >= 4 is 24.8 Å². The van der Waals surface area contributed by atoms with E-state index < -0.39 is 0 Å². The molecule has 0 saturated heterocycles. The Hall–Kier alpha value is 0.500. The van der Waals surface area contributed by atoms with Crippen LogP contribution in [-0.2, 0) is 0 Å². The fourth-order valence-corrected chi connectivity index (χ4v) is 6.55. The topological polar surface area (TPSA) is 52.0 Å². The van der Waals surface area contributed by atoms with Crippen LogP contribution in [-0.4, -0.2) is 12.1 Å². The molecule has 4 rings (SSSR count). The van der Waals surface area contributed by atoms with Crippen LogP contribution in [0.25, 0.3) is 0 Å². The van der Waals surface area contributed by atoms with Gasteiger partial charge in [-0.1, -0.05) is 27.7 Å². The average Bonchev–Trinajstić information content (AvgIpc) is 3.27. The lowest BCUT2D eigenvalue weighted by atomic mass is 9.70. The zero-order valence-electron chi connectivity index (χ0n) is 16.1. The van der Waals surface area contributed by atoms with Gasteiger partial charge in [0.1, 0.15) is 0 Å². The molecule has 4 saturated carbocycles. The number of halogens is 2. The molecule has 4 fully saturated rings. The summed E-state index contributed by atoms with van der Waals surface area (Å²) in [4.78, 5) is 0. The molecule has 4 heteroatoms. The second-order valence-corrected chi connectivity index (χ2v) is 9.31. The summed E-state index contributed by atoms with van der Waals surface area (Å²) in [6.45, 7) is 9.37. The molecule has 8 atom stereocenters. The maximum atomic E-state index is 6.21. The number of rotatable bonds is 2. The van der Waals surface area contributed by atoms with Crippen LogP contribution in [0.5, 0.6) is 0 Å². The molecule has 4 N–H and O–H groups in total. The summed E-state index contributed by atoms with van der Waals surface area (Å²) in [6.07, 6.45) is 11.1. The molecule has 0 aromatic rings. The Morgan fingerprint density at radius 2 is 1.04 bits per heavy atom. The zero-order chi connectivity index (χ0) is 16.1. The van der Waals surface area contributed by atoms with E-state index in [0.717, 1.165) is 23.7 Å². The predicted molar refractivity (Wildman–Crippen MR) is 109 cm³/mol. The minimum Gasteiger partial charge on any atom is -0.327 e. The fraction of sp³-hybridized carbons (Fsp3) is 1.00. The van der Waals surface area contributed by atoms with Gasteiger partial charge in [0.2, 0.25) is 0 Å². The molecule has 0 aromatic carbocycles. The summed E-state index contributed by atoms with van der Waals surface area (Å²) >= 11 is 0. The van der Waals surface area contributed by atoms with Gasteiger partial charge in [0, 0.05) is 12.1 Å². The Labute approximate surface area is 162 Å². The lowest BCUT2D eigenvalue weighted by Gasteiger charge is -2.38. The summed E-state index contributed by atoms with van der Waals surface area (Å²) < 4.78 is 0. The molecule has 2 nitrogen and oxygen atoms in total. The number of hydrogen-bond acceptors (Lipinski definition) is 2. The average molecular weight is 379 g/mol. The molecule has 0 heterocycles. The molecule has 0 spiro atoms. The highest BCUT2D eigenvalue weighted by Crippen LogP contribution is 2.57. The lowest BCUT2D eigenvalue weighted by molar-refractivity contribution is 0.149. The van der Waals surface area contributed by atoms with Gasteiger partial charge < -0.3 is 11.5 Å². The molecule has 4 bridgehead atoms. The molecule has 144 valence electrons. The summed E-state index contributed by atoms with van der Waals surface area (Å²) in [5.74, 6) is 3.63. The Bertz CT molecular complexity index is 372. The first-order chi connectivity index (χ1) is 10.4. The van der Waals surface area contributed by atoms with Crippen molar-refractivity contribution in [2.45, 2.75) is 91.1 Å². The van der Waals surface area contributed by atoms with E-state index in [1.807, 2.05) is 0 Å². The zero-order valence-corrected chi connectivity index (χ0v) is 17.7. The van der Waals surface area contributed by atoms with E-state index in [1.54, 1.807) is 0 Å². The highest BCUT2D eigenvalue weighted by Gasteiger charge is 2.53. The molecule has 4 aliphatic rings. The maximum absolute atomic E-state index is 6.21. The second kappa shape index (κ2) is 8.03. The van der Waals surface area contributed by atoms with E-state index in [9.17, 15) is 0 Å². The van der Waals surface area contributed by atoms with Crippen molar-refractivity contribution in [1.29, 1.82) is 0 Å². The molecule has 0 aliphatic heterocycles. The van der Waals surface area contributed by atoms with Gasteiger partial charge in [-0.05, 0) is 85.9 Å². The molecule has 0 amide bonds. The third kappa shape index (κ3) is 3.26. The minimum atomic E-state index is 0. The van der Waals surface area contributed by atoms with Crippen LogP contribution >= 0.6 is 24.8 Å². The highest BCUT2D eigenvalue weighted by molar-refractivity contribution is 5.85. The van der Waals surface area contributed by atoms with Gasteiger partial charge in [0.15, 0.2) is 0 Å². The van der Waals surface area contributed by atoms with Crippen molar-refractivity contribution < 1.29 is 0 Å². The molecule has 0 aromatic heterocycles. The van der Waals surface area contributed by atoms with E-state index in [1.165, 1.54) is 51.4 Å². The summed E-state index contributed by atoms with van der Waals surface area (Å²) in [7, 11) is 0. The fourth-order valence-electron chi connectivity index (χ4n) is 6.55. The van der Waals surface area contributed by atoms with Crippen molar-refractivity contribution in [1.82, 2.24) is 0 Å². The summed E-state index contributed by atoms with van der Waals surface area (Å²) in [5.41, 5.74) is 13.4. The van der Waals surface area contributed by atoms with Crippen LogP contribution in [0.1, 0.15) is 79.1 Å². The highest BCUT2D eigenvalue weighted by atomic mass is 35.5. The molecular weight excluding hydrogens is 339 g/mol. The largest absolute Gasteiger partial charge is 0.327 e. The van der Waals surface area contributed by atoms with Crippen molar-refractivity contribution in [2.24, 2.45) is 46.0 Å². The lowest BCUT2D eigenvalue weighted by Crippen LogP contribution is -2.43. The minimum absolute atomic E-state index is 0. The van der Waals surface area contributed by atoms with Crippen molar-refractivity contribution in [3.05, 3.63) is 0 Å². The van der Waals surface area contributed by atoms with E-state index in [0.29, 0.717) is 22.9 Å². The summed E-state index contributed by atoms with van der Waals surface area (Å²) in [6, 6.07) is 1.01. The van der Waals surface area contributed by atoms with Gasteiger partial charge in [-0.25, -0.2) is 0 Å². The standard InChI is InChI=1S/2C10H19N.2ClH/c2*1-3-10(2)8-5-4-7(6-8)9(10)11;;/h2*7-9H,3-6,11H2,1-2H3;2*1H/t2*7-,8+,9-,10+;;/m10../s1. The Balaban J connectivity index is 0.000000222. The number of hydrogen-bond donors (Lipinski definition) is 2. The van der Waals surface area contributed by atoms with Gasteiger partial charge in [-0.3, -0.25) is 0 Å². The van der Waals surface area contributed by atoms with Crippen molar-refractivity contribution in [2.75, 3.05) is 0 Å². The smallest absolute Gasteiger partial charge is 0.0124 e. The van der Waals surface area contributed by atoms with E-state index in [-0.39, 0.29) is 24.8 Å². The van der Waals surface area contributed by atoms with E-state index in [2.05, 4.69) is 27.7 Å². The van der Waals surface area contributed by atoms with Crippen LogP contribution in [0.4, 0.5) is 0 Å². The van der Waals surface area contributed by atoms with Crippen LogP contribution in [0.3, 0.4) is 0 Å². The first-order valence-corrected chi connectivity index (χ1v) is 9.88. The third-order valence-electron chi connectivity index (χ3n) is 8.87. The van der Waals surface area contributed by atoms with E-state index >= 15 is 0 Å². The molecular formula is C20H40Cl2N2. The van der Waals surface area contributed by atoms with Crippen molar-refractivity contribution in [3.63, 3.8) is 0 Å². The Morgan fingerprint density at radius 3 is 1.21 bits per heavy atom. The van der Waals surface area contributed by atoms with Crippen LogP contribution < -0.4 is 11.5 Å². The van der Waals surface area contributed by atoms with Gasteiger partial charge in [-0.2, -0.15) is 0 Å². The van der Waals surface area contributed by atoms with E-state index in [4.69, 9.17) is 11.5 Å². The normalized spacial score (nSPS) is 50.8. The van der Waals surface area contributed by atoms with Gasteiger partial charge in [0.25, 0.3) is 0 Å². The first-order valence-electron chi connectivity index (χ1n) is 9.88. The molecule has 0 radical (unpaired) electrons. The molecule has 24 heavy (non-hydrogen) atoms. The quantitative estimate of drug-likeness (QED) is 0.696. The first kappa shape index (κ1) is 22.5. The second-order valence-electron chi connectivity index (χ2n) is 9.31. The SMILES string of the molecule is CC[C@@]1(C)[C@H]2CC[C@H](C2)[C@H]1N.CC[C@]1(C)[C@@H]2CC[C@@H](C2)[C@@H]1N.Cl.Cl. The maximum Gasteiger partial charge on any atom is 0.0124 e. The Morgan fingerprint density at radius 1 is 0.708 bits per heavy atom. The monoisotopic (exact) mass is 378 g/mol. The number of fused-ring (bicyclic) bond motifs is 4.